The van der Waals surface area contributed by atoms with E-state index in [1.165, 1.54) is 6.20 Å². The second kappa shape index (κ2) is 11.9. The molecule has 0 saturated carbocycles. The lowest BCUT2D eigenvalue weighted by Crippen LogP contribution is -2.32. The molecule has 1 heterocycles. The summed E-state index contributed by atoms with van der Waals surface area (Å²) in [5, 5.41) is 2.64. The monoisotopic (exact) mass is 436 g/mol. The molecular weight excluding hydrogens is 412 g/mol. The number of pyridine rings is 1. The standard InChI is InChI=1S/C24H24N2O6/c1-2-29-18-9-11-19(12-10-18)30-15-14-26-23(27)17-31-24(28)21-7-3-4-8-22(21)32-20-6-5-13-25-16-20/h3-13,16H,2,14-15,17H2,1H3,(H,26,27). The number of para-hydroxylation sites is 1. The molecule has 3 rings (SSSR count). The molecule has 1 amide bonds. The highest BCUT2D eigenvalue weighted by atomic mass is 16.5. The Labute approximate surface area is 186 Å². The highest BCUT2D eigenvalue weighted by Crippen LogP contribution is 2.25. The summed E-state index contributed by atoms with van der Waals surface area (Å²) in [6.07, 6.45) is 3.15. The average molecular weight is 436 g/mol. The number of ether oxygens (including phenoxy) is 4. The van der Waals surface area contributed by atoms with Gasteiger partial charge in [0.1, 0.15) is 35.2 Å². The van der Waals surface area contributed by atoms with E-state index in [-0.39, 0.29) is 18.7 Å². The second-order valence-electron chi connectivity index (χ2n) is 6.47. The van der Waals surface area contributed by atoms with Gasteiger partial charge in [-0.2, -0.15) is 0 Å². The molecule has 0 aliphatic rings. The van der Waals surface area contributed by atoms with E-state index in [0.29, 0.717) is 23.9 Å². The van der Waals surface area contributed by atoms with Crippen LogP contribution >= 0.6 is 0 Å². The van der Waals surface area contributed by atoms with Crippen molar-refractivity contribution >= 4 is 11.9 Å². The van der Waals surface area contributed by atoms with E-state index in [0.717, 1.165) is 5.75 Å². The third-order valence-electron chi connectivity index (χ3n) is 4.13. The number of aromatic nitrogens is 1. The highest BCUT2D eigenvalue weighted by Gasteiger charge is 2.16. The van der Waals surface area contributed by atoms with Crippen molar-refractivity contribution in [2.75, 3.05) is 26.4 Å². The zero-order valence-corrected chi connectivity index (χ0v) is 17.7. The number of carbonyl (C=O) groups is 2. The fraction of sp³-hybridized carbons (Fsp3) is 0.208. The minimum atomic E-state index is -0.662. The van der Waals surface area contributed by atoms with E-state index in [1.807, 2.05) is 19.1 Å². The quantitative estimate of drug-likeness (QED) is 0.362. The van der Waals surface area contributed by atoms with Crippen LogP contribution in [-0.2, 0) is 9.53 Å². The maximum atomic E-state index is 12.4. The smallest absolute Gasteiger partial charge is 0.342 e. The molecule has 3 aromatic rings. The highest BCUT2D eigenvalue weighted by molar-refractivity contribution is 5.94. The lowest BCUT2D eigenvalue weighted by atomic mass is 10.2. The topological polar surface area (TPSA) is 96.0 Å². The van der Waals surface area contributed by atoms with Crippen molar-refractivity contribution in [2.45, 2.75) is 6.92 Å². The molecule has 0 aliphatic carbocycles. The fourth-order valence-corrected chi connectivity index (χ4v) is 2.68. The molecule has 0 saturated heterocycles. The maximum absolute atomic E-state index is 12.4. The van der Waals surface area contributed by atoms with Gasteiger partial charge in [0.15, 0.2) is 6.61 Å². The Morgan fingerprint density at radius 3 is 2.38 bits per heavy atom. The van der Waals surface area contributed by atoms with Crippen LogP contribution in [0.25, 0.3) is 0 Å². The van der Waals surface area contributed by atoms with Crippen LogP contribution in [0.2, 0.25) is 0 Å². The molecule has 0 spiro atoms. The van der Waals surface area contributed by atoms with Gasteiger partial charge in [0.25, 0.3) is 5.91 Å². The average Bonchev–Trinajstić information content (AvgIpc) is 2.82. The zero-order valence-electron chi connectivity index (χ0n) is 17.7. The number of nitrogens with one attached hydrogen (secondary N) is 1. The summed E-state index contributed by atoms with van der Waals surface area (Å²) in [6, 6.07) is 17.3. The minimum absolute atomic E-state index is 0.211. The molecule has 0 fully saturated rings. The third kappa shape index (κ3) is 7.02. The zero-order chi connectivity index (χ0) is 22.6. The lowest BCUT2D eigenvalue weighted by Gasteiger charge is -2.11. The van der Waals surface area contributed by atoms with Gasteiger partial charge in [-0.1, -0.05) is 12.1 Å². The van der Waals surface area contributed by atoms with Crippen LogP contribution < -0.4 is 19.5 Å². The summed E-state index contributed by atoms with van der Waals surface area (Å²) >= 11 is 0. The molecule has 8 nitrogen and oxygen atoms in total. The van der Waals surface area contributed by atoms with Crippen LogP contribution in [-0.4, -0.2) is 43.2 Å². The first-order valence-corrected chi connectivity index (χ1v) is 10.1. The number of esters is 1. The Kier molecular flexibility index (Phi) is 8.44. The van der Waals surface area contributed by atoms with Gasteiger partial charge in [0.05, 0.1) is 19.3 Å². The van der Waals surface area contributed by atoms with Gasteiger partial charge in [-0.25, -0.2) is 4.79 Å². The Balaban J connectivity index is 1.41. The molecule has 8 heteroatoms. The summed E-state index contributed by atoms with van der Waals surface area (Å²) in [5.74, 6) is 1.14. The Morgan fingerprint density at radius 2 is 1.66 bits per heavy atom. The summed E-state index contributed by atoms with van der Waals surface area (Å²) in [4.78, 5) is 28.4. The van der Waals surface area contributed by atoms with Gasteiger partial charge in [0, 0.05) is 6.20 Å². The van der Waals surface area contributed by atoms with Gasteiger partial charge < -0.3 is 24.3 Å². The van der Waals surface area contributed by atoms with Gasteiger partial charge in [-0.3, -0.25) is 9.78 Å². The molecule has 1 N–H and O–H groups in total. The van der Waals surface area contributed by atoms with Crippen LogP contribution in [0.3, 0.4) is 0 Å². The molecule has 0 atom stereocenters. The van der Waals surface area contributed by atoms with Crippen molar-refractivity contribution in [2.24, 2.45) is 0 Å². The van der Waals surface area contributed by atoms with E-state index in [9.17, 15) is 9.59 Å². The van der Waals surface area contributed by atoms with Crippen LogP contribution in [0.1, 0.15) is 17.3 Å². The molecule has 32 heavy (non-hydrogen) atoms. The van der Waals surface area contributed by atoms with Crippen LogP contribution in [0.15, 0.2) is 73.1 Å². The summed E-state index contributed by atoms with van der Waals surface area (Å²) in [7, 11) is 0. The van der Waals surface area contributed by atoms with Gasteiger partial charge in [0.2, 0.25) is 0 Å². The first-order chi connectivity index (χ1) is 15.7. The molecule has 2 aromatic carbocycles. The molecule has 0 unspecified atom stereocenters. The van der Waals surface area contributed by atoms with E-state index in [2.05, 4.69) is 10.3 Å². The Hall–Kier alpha value is -4.07. The van der Waals surface area contributed by atoms with Crippen molar-refractivity contribution in [3.8, 4) is 23.0 Å². The Morgan fingerprint density at radius 1 is 0.906 bits per heavy atom. The van der Waals surface area contributed by atoms with E-state index >= 15 is 0 Å². The van der Waals surface area contributed by atoms with E-state index in [1.54, 1.807) is 54.7 Å². The molecule has 1 aromatic heterocycles. The van der Waals surface area contributed by atoms with E-state index < -0.39 is 18.5 Å². The summed E-state index contributed by atoms with van der Waals surface area (Å²) in [6.45, 7) is 2.64. The van der Waals surface area contributed by atoms with Gasteiger partial charge >= 0.3 is 5.97 Å². The molecule has 0 bridgehead atoms. The van der Waals surface area contributed by atoms with Crippen molar-refractivity contribution < 1.29 is 28.5 Å². The first kappa shape index (κ1) is 22.6. The van der Waals surface area contributed by atoms with Crippen LogP contribution in [0.4, 0.5) is 0 Å². The van der Waals surface area contributed by atoms with Crippen molar-refractivity contribution in [1.82, 2.24) is 10.3 Å². The predicted molar refractivity (Wildman–Crippen MR) is 117 cm³/mol. The Bertz CT molecular complexity index is 1010. The maximum Gasteiger partial charge on any atom is 0.342 e. The lowest BCUT2D eigenvalue weighted by molar-refractivity contribution is -0.124. The molecule has 0 radical (unpaired) electrons. The molecule has 0 aliphatic heterocycles. The van der Waals surface area contributed by atoms with Crippen molar-refractivity contribution in [3.05, 3.63) is 78.6 Å². The number of benzene rings is 2. The van der Waals surface area contributed by atoms with Gasteiger partial charge in [-0.15, -0.1) is 0 Å². The van der Waals surface area contributed by atoms with Gasteiger partial charge in [-0.05, 0) is 55.5 Å². The SMILES string of the molecule is CCOc1ccc(OCCNC(=O)COC(=O)c2ccccc2Oc2cccnc2)cc1. The second-order valence-corrected chi connectivity index (χ2v) is 6.47. The third-order valence-corrected chi connectivity index (χ3v) is 4.13. The van der Waals surface area contributed by atoms with Crippen LogP contribution in [0, 0.1) is 0 Å². The number of rotatable bonds is 11. The number of amides is 1. The van der Waals surface area contributed by atoms with Crippen LogP contribution in [0.5, 0.6) is 23.0 Å². The predicted octanol–water partition coefficient (Wildman–Crippen LogP) is 3.62. The molecule has 166 valence electrons. The summed E-state index contributed by atoms with van der Waals surface area (Å²) in [5.41, 5.74) is 0.211. The van der Waals surface area contributed by atoms with Crippen molar-refractivity contribution in [1.29, 1.82) is 0 Å². The number of carbonyl (C=O) groups excluding carboxylic acids is 2. The fourth-order valence-electron chi connectivity index (χ4n) is 2.68. The van der Waals surface area contributed by atoms with Crippen molar-refractivity contribution in [3.63, 3.8) is 0 Å². The minimum Gasteiger partial charge on any atom is -0.494 e. The first-order valence-electron chi connectivity index (χ1n) is 10.1. The molecular formula is C24H24N2O6. The number of hydrogen-bond donors (Lipinski definition) is 1. The number of hydrogen-bond acceptors (Lipinski definition) is 7. The normalized spacial score (nSPS) is 10.2. The number of nitrogens with zero attached hydrogens (tertiary/aromatic N) is 1. The largest absolute Gasteiger partial charge is 0.494 e. The summed E-state index contributed by atoms with van der Waals surface area (Å²) < 4.78 is 21.7. The van der Waals surface area contributed by atoms with E-state index in [4.69, 9.17) is 18.9 Å².